The first-order valence-corrected chi connectivity index (χ1v) is 7.32. The summed E-state index contributed by atoms with van der Waals surface area (Å²) in [6, 6.07) is 7.44. The molecule has 1 fully saturated rings. The summed E-state index contributed by atoms with van der Waals surface area (Å²) in [6.07, 6.45) is 1.58. The largest absolute Gasteiger partial charge is 0.372 e. The highest BCUT2D eigenvalue weighted by Crippen LogP contribution is 2.16. The van der Waals surface area contributed by atoms with Gasteiger partial charge in [0, 0.05) is 12.2 Å². The molecule has 2 rings (SSSR count). The van der Waals surface area contributed by atoms with Gasteiger partial charge in [-0.25, -0.2) is 0 Å². The molecule has 1 heterocycles. The zero-order valence-electron chi connectivity index (χ0n) is 12.8. The van der Waals surface area contributed by atoms with Crippen LogP contribution in [0.2, 0.25) is 0 Å². The van der Waals surface area contributed by atoms with E-state index in [9.17, 15) is 9.59 Å². The standard InChI is InChI=1S/C16H23N3O2/c1-11-6-8-12(9-7-11)19-16(2,3)15(21)18-13-5-4-10-17-14(13)20/h6-9,13,19H,4-5,10H2,1-3H3,(H,17,20)(H,18,21). The third-order valence-electron chi connectivity index (χ3n) is 3.67. The van der Waals surface area contributed by atoms with E-state index in [1.54, 1.807) is 0 Å². The molecule has 1 unspecified atom stereocenters. The Labute approximate surface area is 125 Å². The fraction of sp³-hybridized carbons (Fsp3) is 0.500. The minimum absolute atomic E-state index is 0.0965. The van der Waals surface area contributed by atoms with E-state index in [0.29, 0.717) is 13.0 Å². The summed E-state index contributed by atoms with van der Waals surface area (Å²) in [4.78, 5) is 24.1. The highest BCUT2D eigenvalue weighted by atomic mass is 16.2. The molecule has 1 aromatic carbocycles. The summed E-state index contributed by atoms with van der Waals surface area (Å²) < 4.78 is 0. The van der Waals surface area contributed by atoms with Crippen molar-refractivity contribution >= 4 is 17.5 Å². The van der Waals surface area contributed by atoms with Crippen molar-refractivity contribution in [3.05, 3.63) is 29.8 Å². The van der Waals surface area contributed by atoms with Crippen LogP contribution in [0.3, 0.4) is 0 Å². The molecule has 3 N–H and O–H groups in total. The molecule has 114 valence electrons. The second-order valence-electron chi connectivity index (χ2n) is 6.08. The number of anilines is 1. The minimum Gasteiger partial charge on any atom is -0.372 e. The number of aryl methyl sites for hydroxylation is 1. The first kappa shape index (κ1) is 15.4. The van der Waals surface area contributed by atoms with Gasteiger partial charge in [0.15, 0.2) is 0 Å². The van der Waals surface area contributed by atoms with E-state index in [2.05, 4.69) is 16.0 Å². The maximum absolute atomic E-state index is 12.4. The van der Waals surface area contributed by atoms with Gasteiger partial charge < -0.3 is 16.0 Å². The first-order valence-electron chi connectivity index (χ1n) is 7.32. The van der Waals surface area contributed by atoms with Gasteiger partial charge in [-0.15, -0.1) is 0 Å². The zero-order valence-corrected chi connectivity index (χ0v) is 12.8. The molecular formula is C16H23N3O2. The van der Waals surface area contributed by atoms with E-state index in [4.69, 9.17) is 0 Å². The molecular weight excluding hydrogens is 266 g/mol. The molecule has 21 heavy (non-hydrogen) atoms. The van der Waals surface area contributed by atoms with Crippen LogP contribution in [0.15, 0.2) is 24.3 Å². The van der Waals surface area contributed by atoms with Gasteiger partial charge in [0.1, 0.15) is 11.6 Å². The Balaban J connectivity index is 1.99. The number of nitrogens with one attached hydrogen (secondary N) is 3. The number of hydrogen-bond acceptors (Lipinski definition) is 3. The fourth-order valence-electron chi connectivity index (χ4n) is 2.30. The van der Waals surface area contributed by atoms with Crippen molar-refractivity contribution in [3.8, 4) is 0 Å². The second kappa shape index (κ2) is 6.16. The van der Waals surface area contributed by atoms with Crippen LogP contribution < -0.4 is 16.0 Å². The van der Waals surface area contributed by atoms with Gasteiger partial charge in [-0.1, -0.05) is 17.7 Å². The van der Waals surface area contributed by atoms with E-state index in [1.807, 2.05) is 45.0 Å². The predicted octanol–water partition coefficient (Wildman–Crippen LogP) is 1.58. The normalized spacial score (nSPS) is 18.8. The molecule has 0 bridgehead atoms. The Kier molecular flexibility index (Phi) is 4.50. The lowest BCUT2D eigenvalue weighted by Crippen LogP contribution is -2.56. The van der Waals surface area contributed by atoms with Gasteiger partial charge >= 0.3 is 0 Å². The number of carbonyl (C=O) groups is 2. The van der Waals surface area contributed by atoms with Crippen LogP contribution in [0.1, 0.15) is 32.3 Å². The monoisotopic (exact) mass is 289 g/mol. The van der Waals surface area contributed by atoms with E-state index >= 15 is 0 Å². The van der Waals surface area contributed by atoms with Crippen LogP contribution in [0.4, 0.5) is 5.69 Å². The molecule has 0 saturated carbocycles. The number of rotatable bonds is 4. The van der Waals surface area contributed by atoms with E-state index in [-0.39, 0.29) is 11.8 Å². The molecule has 2 amide bonds. The Morgan fingerprint density at radius 3 is 2.57 bits per heavy atom. The molecule has 0 spiro atoms. The summed E-state index contributed by atoms with van der Waals surface area (Å²) in [6.45, 7) is 6.32. The molecule has 1 saturated heterocycles. The minimum atomic E-state index is -0.785. The van der Waals surface area contributed by atoms with Gasteiger partial charge in [0.25, 0.3) is 0 Å². The summed E-state index contributed by atoms with van der Waals surface area (Å²) >= 11 is 0. The van der Waals surface area contributed by atoms with E-state index in [0.717, 1.165) is 12.1 Å². The molecule has 1 aliphatic rings. The smallest absolute Gasteiger partial charge is 0.245 e. The van der Waals surface area contributed by atoms with Gasteiger partial charge in [0.05, 0.1) is 0 Å². The molecule has 1 aliphatic heterocycles. The maximum Gasteiger partial charge on any atom is 0.245 e. The van der Waals surface area contributed by atoms with E-state index in [1.165, 1.54) is 5.56 Å². The van der Waals surface area contributed by atoms with Gasteiger partial charge in [-0.2, -0.15) is 0 Å². The van der Waals surface area contributed by atoms with Crippen molar-refractivity contribution < 1.29 is 9.59 Å². The Hall–Kier alpha value is -2.04. The van der Waals surface area contributed by atoms with Crippen LogP contribution in [0.5, 0.6) is 0 Å². The summed E-state index contributed by atoms with van der Waals surface area (Å²) in [5, 5.41) is 8.80. The molecule has 5 nitrogen and oxygen atoms in total. The molecule has 0 aliphatic carbocycles. The second-order valence-corrected chi connectivity index (χ2v) is 6.08. The average Bonchev–Trinajstić information content (AvgIpc) is 2.43. The lowest BCUT2D eigenvalue weighted by molar-refractivity contribution is -0.131. The van der Waals surface area contributed by atoms with Crippen LogP contribution in [0, 0.1) is 6.92 Å². The van der Waals surface area contributed by atoms with E-state index < -0.39 is 11.6 Å². The van der Waals surface area contributed by atoms with Crippen LogP contribution >= 0.6 is 0 Å². The topological polar surface area (TPSA) is 70.2 Å². The predicted molar refractivity (Wildman–Crippen MR) is 83.1 cm³/mol. The molecule has 0 aromatic heterocycles. The number of benzene rings is 1. The highest BCUT2D eigenvalue weighted by Gasteiger charge is 2.32. The SMILES string of the molecule is Cc1ccc(NC(C)(C)C(=O)NC2CCCNC2=O)cc1. The Morgan fingerprint density at radius 1 is 1.29 bits per heavy atom. The molecule has 5 heteroatoms. The van der Waals surface area contributed by atoms with Crippen molar-refractivity contribution in [2.75, 3.05) is 11.9 Å². The van der Waals surface area contributed by atoms with Crippen molar-refractivity contribution in [1.82, 2.24) is 10.6 Å². The number of hydrogen-bond donors (Lipinski definition) is 3. The quantitative estimate of drug-likeness (QED) is 0.788. The first-order chi connectivity index (χ1) is 9.88. The van der Waals surface area contributed by atoms with Gasteiger partial charge in [0.2, 0.25) is 11.8 Å². The Morgan fingerprint density at radius 2 is 1.95 bits per heavy atom. The molecule has 0 radical (unpaired) electrons. The summed E-state index contributed by atoms with van der Waals surface area (Å²) in [5.41, 5.74) is 1.27. The highest BCUT2D eigenvalue weighted by molar-refractivity contribution is 5.93. The summed E-state index contributed by atoms with van der Waals surface area (Å²) in [7, 11) is 0. The Bertz CT molecular complexity index is 523. The lowest BCUT2D eigenvalue weighted by Gasteiger charge is -2.30. The van der Waals surface area contributed by atoms with Crippen molar-refractivity contribution in [2.24, 2.45) is 0 Å². The third kappa shape index (κ3) is 3.97. The van der Waals surface area contributed by atoms with Crippen molar-refractivity contribution in [1.29, 1.82) is 0 Å². The van der Waals surface area contributed by atoms with Crippen LogP contribution in [0.25, 0.3) is 0 Å². The van der Waals surface area contributed by atoms with Gasteiger partial charge in [-0.3, -0.25) is 9.59 Å². The van der Waals surface area contributed by atoms with Gasteiger partial charge in [-0.05, 0) is 45.7 Å². The van der Waals surface area contributed by atoms with Crippen molar-refractivity contribution in [3.63, 3.8) is 0 Å². The number of carbonyl (C=O) groups excluding carboxylic acids is 2. The van der Waals surface area contributed by atoms with Crippen molar-refractivity contribution in [2.45, 2.75) is 45.2 Å². The van der Waals surface area contributed by atoms with Crippen LogP contribution in [-0.2, 0) is 9.59 Å². The lowest BCUT2D eigenvalue weighted by atomic mass is 10.0. The summed E-state index contributed by atoms with van der Waals surface area (Å²) in [5.74, 6) is -0.272. The molecule has 1 aromatic rings. The zero-order chi connectivity index (χ0) is 15.5. The third-order valence-corrected chi connectivity index (χ3v) is 3.67. The average molecular weight is 289 g/mol. The number of amides is 2. The van der Waals surface area contributed by atoms with Crippen LogP contribution in [-0.4, -0.2) is 29.9 Å². The molecule has 1 atom stereocenters. The number of piperidine rings is 1. The maximum atomic E-state index is 12.4. The fourth-order valence-corrected chi connectivity index (χ4v) is 2.30.